The van der Waals surface area contributed by atoms with Crippen LogP contribution in [0.1, 0.15) is 17.0 Å². The number of imidazole rings is 1. The standard InChI is InChI=1S/C17H21N9O/c1-21-5-12(4-18)14-7-23-16(19)17(24-14)26(20)9-11-2-3-15-22-6-13(10-27)25(15)8-11/h2-8,27H,9-10,18,20H2,1H3,(H2,19,23). The number of aliphatic imine (C=N–C) groups is 1. The molecular weight excluding hydrogens is 346 g/mol. The van der Waals surface area contributed by atoms with Crippen molar-refractivity contribution in [2.45, 2.75) is 13.2 Å². The van der Waals surface area contributed by atoms with Crippen molar-refractivity contribution in [3.8, 4) is 0 Å². The molecule has 0 unspecified atom stereocenters. The number of nitrogens with two attached hydrogens (primary N) is 3. The predicted octanol–water partition coefficient (Wildman–Crippen LogP) is 0.0793. The van der Waals surface area contributed by atoms with Gasteiger partial charge in [0, 0.05) is 31.2 Å². The van der Waals surface area contributed by atoms with Gasteiger partial charge in [-0.2, -0.15) is 0 Å². The second-order valence-electron chi connectivity index (χ2n) is 5.77. The number of nitrogens with zero attached hydrogens (tertiary/aromatic N) is 6. The molecule has 0 saturated carbocycles. The van der Waals surface area contributed by atoms with Gasteiger partial charge in [-0.15, -0.1) is 0 Å². The van der Waals surface area contributed by atoms with Gasteiger partial charge in [-0.05, 0) is 11.6 Å². The monoisotopic (exact) mass is 367 g/mol. The van der Waals surface area contributed by atoms with E-state index >= 15 is 0 Å². The first-order valence-corrected chi connectivity index (χ1v) is 8.12. The third-order valence-corrected chi connectivity index (χ3v) is 3.96. The summed E-state index contributed by atoms with van der Waals surface area (Å²) in [7, 11) is 1.64. The molecule has 0 fully saturated rings. The molecule has 3 aromatic rings. The SMILES string of the molecule is CN=CC(=CN)c1cnc(N)c(N(N)Cc2ccc3ncc(CO)n3c2)n1. The Balaban J connectivity index is 1.90. The molecule has 0 saturated heterocycles. The van der Waals surface area contributed by atoms with Crippen molar-refractivity contribution in [3.63, 3.8) is 0 Å². The van der Waals surface area contributed by atoms with Crippen LogP contribution in [0.5, 0.6) is 0 Å². The topological polar surface area (TPSA) is 157 Å². The molecule has 0 spiro atoms. The Morgan fingerprint density at radius 1 is 1.33 bits per heavy atom. The van der Waals surface area contributed by atoms with E-state index in [2.05, 4.69) is 19.9 Å². The number of allylic oxidation sites excluding steroid dienone is 1. The summed E-state index contributed by atoms with van der Waals surface area (Å²) in [5.74, 6) is 6.72. The molecule has 3 heterocycles. The Bertz CT molecular complexity index is 1010. The van der Waals surface area contributed by atoms with Crippen molar-refractivity contribution < 1.29 is 5.11 Å². The van der Waals surface area contributed by atoms with E-state index < -0.39 is 0 Å². The molecule has 3 aromatic heterocycles. The lowest BCUT2D eigenvalue weighted by Gasteiger charge is -2.19. The van der Waals surface area contributed by atoms with Crippen LogP contribution in [0, 0.1) is 0 Å². The maximum Gasteiger partial charge on any atom is 0.186 e. The number of hydrazine groups is 1. The molecule has 0 radical (unpaired) electrons. The molecule has 0 amide bonds. The van der Waals surface area contributed by atoms with Crippen LogP contribution in [0.2, 0.25) is 0 Å². The predicted molar refractivity (Wildman–Crippen MR) is 105 cm³/mol. The minimum atomic E-state index is -0.107. The summed E-state index contributed by atoms with van der Waals surface area (Å²) in [6.07, 6.45) is 7.96. The van der Waals surface area contributed by atoms with Crippen LogP contribution >= 0.6 is 0 Å². The van der Waals surface area contributed by atoms with Gasteiger partial charge in [0.1, 0.15) is 5.65 Å². The second kappa shape index (κ2) is 7.81. The van der Waals surface area contributed by atoms with Crippen LogP contribution < -0.4 is 22.3 Å². The number of nitrogen functional groups attached to an aromatic ring is 1. The molecule has 0 bridgehead atoms. The van der Waals surface area contributed by atoms with E-state index in [0.29, 0.717) is 29.3 Å². The summed E-state index contributed by atoms with van der Waals surface area (Å²) < 4.78 is 1.81. The van der Waals surface area contributed by atoms with Crippen molar-refractivity contribution in [2.24, 2.45) is 16.6 Å². The van der Waals surface area contributed by atoms with Crippen LogP contribution in [0.25, 0.3) is 11.2 Å². The van der Waals surface area contributed by atoms with E-state index in [1.165, 1.54) is 17.4 Å². The third-order valence-electron chi connectivity index (χ3n) is 3.96. The van der Waals surface area contributed by atoms with Crippen molar-refractivity contribution in [1.82, 2.24) is 19.4 Å². The average molecular weight is 367 g/mol. The highest BCUT2D eigenvalue weighted by Gasteiger charge is 2.13. The zero-order chi connectivity index (χ0) is 19.4. The number of rotatable bonds is 6. The fourth-order valence-corrected chi connectivity index (χ4v) is 2.63. The highest BCUT2D eigenvalue weighted by atomic mass is 16.3. The molecule has 0 aromatic carbocycles. The smallest absolute Gasteiger partial charge is 0.186 e. The molecule has 0 aliphatic carbocycles. The summed E-state index contributed by atoms with van der Waals surface area (Å²) in [4.78, 5) is 16.8. The Labute approximate surface area is 155 Å². The highest BCUT2D eigenvalue weighted by Crippen LogP contribution is 2.21. The van der Waals surface area contributed by atoms with Crippen molar-refractivity contribution >= 4 is 29.1 Å². The number of aliphatic hydroxyl groups excluding tert-OH is 1. The zero-order valence-electron chi connectivity index (χ0n) is 14.8. The lowest BCUT2D eigenvalue weighted by Crippen LogP contribution is -2.32. The molecule has 3 rings (SSSR count). The van der Waals surface area contributed by atoms with Gasteiger partial charge < -0.3 is 21.0 Å². The van der Waals surface area contributed by atoms with Gasteiger partial charge in [0.15, 0.2) is 11.6 Å². The Morgan fingerprint density at radius 3 is 2.85 bits per heavy atom. The summed E-state index contributed by atoms with van der Waals surface area (Å²) in [5, 5.41) is 10.8. The van der Waals surface area contributed by atoms with Crippen molar-refractivity contribution in [1.29, 1.82) is 0 Å². The summed E-state index contributed by atoms with van der Waals surface area (Å²) >= 11 is 0. The fraction of sp³-hybridized carbons (Fsp3) is 0.176. The summed E-state index contributed by atoms with van der Waals surface area (Å²) in [6, 6.07) is 3.74. The number of aromatic nitrogens is 4. The first-order chi connectivity index (χ1) is 13.1. The van der Waals surface area contributed by atoms with E-state index in [-0.39, 0.29) is 12.4 Å². The molecule has 10 heteroatoms. The quantitative estimate of drug-likeness (QED) is 0.271. The van der Waals surface area contributed by atoms with Crippen molar-refractivity contribution in [2.75, 3.05) is 17.8 Å². The van der Waals surface area contributed by atoms with Crippen LogP contribution in [0.3, 0.4) is 0 Å². The van der Waals surface area contributed by atoms with Gasteiger partial charge in [0.2, 0.25) is 0 Å². The number of pyridine rings is 1. The Kier molecular flexibility index (Phi) is 5.29. The second-order valence-corrected chi connectivity index (χ2v) is 5.77. The largest absolute Gasteiger partial charge is 0.404 e. The number of aliphatic hydroxyl groups is 1. The molecule has 27 heavy (non-hydrogen) atoms. The maximum atomic E-state index is 9.40. The summed E-state index contributed by atoms with van der Waals surface area (Å²) in [5.41, 5.74) is 15.0. The normalized spacial score (nSPS) is 12.2. The lowest BCUT2D eigenvalue weighted by atomic mass is 10.2. The van der Waals surface area contributed by atoms with Gasteiger partial charge in [-0.3, -0.25) is 10.0 Å². The van der Waals surface area contributed by atoms with E-state index in [1.54, 1.807) is 19.5 Å². The van der Waals surface area contributed by atoms with E-state index in [1.807, 2.05) is 22.7 Å². The first-order valence-electron chi connectivity index (χ1n) is 8.12. The summed E-state index contributed by atoms with van der Waals surface area (Å²) in [6.45, 7) is 0.218. The maximum absolute atomic E-state index is 9.40. The van der Waals surface area contributed by atoms with E-state index in [9.17, 15) is 5.11 Å². The van der Waals surface area contributed by atoms with E-state index in [4.69, 9.17) is 17.3 Å². The van der Waals surface area contributed by atoms with Gasteiger partial charge in [0.05, 0.1) is 36.9 Å². The Morgan fingerprint density at radius 2 is 2.15 bits per heavy atom. The van der Waals surface area contributed by atoms with Crippen LogP contribution in [-0.2, 0) is 13.2 Å². The van der Waals surface area contributed by atoms with Gasteiger partial charge in [-0.1, -0.05) is 6.07 Å². The van der Waals surface area contributed by atoms with Crippen LogP contribution in [0.4, 0.5) is 11.6 Å². The number of hydrogen-bond acceptors (Lipinski definition) is 9. The lowest BCUT2D eigenvalue weighted by molar-refractivity contribution is 0.276. The van der Waals surface area contributed by atoms with Gasteiger partial charge in [-0.25, -0.2) is 20.8 Å². The average Bonchev–Trinajstić information content (AvgIpc) is 3.09. The molecule has 0 atom stereocenters. The number of anilines is 2. The molecule has 140 valence electrons. The van der Waals surface area contributed by atoms with Gasteiger partial charge >= 0.3 is 0 Å². The minimum absolute atomic E-state index is 0.107. The Hall–Kier alpha value is -3.50. The molecular formula is C17H21N9O. The van der Waals surface area contributed by atoms with Crippen LogP contribution in [0.15, 0.2) is 41.9 Å². The fourth-order valence-electron chi connectivity index (χ4n) is 2.63. The molecule has 0 aliphatic rings. The highest BCUT2D eigenvalue weighted by molar-refractivity contribution is 6.08. The zero-order valence-corrected chi connectivity index (χ0v) is 14.8. The first kappa shape index (κ1) is 18.3. The van der Waals surface area contributed by atoms with Gasteiger partial charge in [0.25, 0.3) is 0 Å². The molecule has 10 nitrogen and oxygen atoms in total. The minimum Gasteiger partial charge on any atom is -0.404 e. The van der Waals surface area contributed by atoms with Crippen molar-refractivity contribution in [3.05, 3.63) is 53.9 Å². The third kappa shape index (κ3) is 3.71. The number of fused-ring (bicyclic) bond motifs is 1. The number of hydrogen-bond donors (Lipinski definition) is 4. The van der Waals surface area contributed by atoms with Crippen LogP contribution in [-0.4, -0.2) is 37.7 Å². The van der Waals surface area contributed by atoms with E-state index in [0.717, 1.165) is 11.2 Å². The molecule has 0 aliphatic heterocycles. The molecule has 7 N–H and O–H groups in total.